The Morgan fingerprint density at radius 2 is 1.73 bits per heavy atom. The van der Waals surface area contributed by atoms with E-state index in [1.54, 1.807) is 51.9 Å². The Kier molecular flexibility index (Phi) is 9.52. The number of aryl methyl sites for hydroxylation is 1. The van der Waals surface area contributed by atoms with Crippen LogP contribution in [0.3, 0.4) is 0 Å². The molecule has 5 aromatic rings. The molecule has 2 heterocycles. The lowest BCUT2D eigenvalue weighted by Gasteiger charge is -2.20. The Hall–Kier alpha value is -5.84. The second-order valence-electron chi connectivity index (χ2n) is 11.7. The van der Waals surface area contributed by atoms with E-state index in [4.69, 9.17) is 23.4 Å². The van der Waals surface area contributed by atoms with E-state index >= 15 is 0 Å². The van der Waals surface area contributed by atoms with Crippen molar-refractivity contribution in [1.29, 1.82) is 0 Å². The molecular weight excluding hydrogens is 626 g/mol. The van der Waals surface area contributed by atoms with Gasteiger partial charge < -0.3 is 34.0 Å². The van der Waals surface area contributed by atoms with Crippen LogP contribution < -0.4 is 35.0 Å². The van der Waals surface area contributed by atoms with E-state index in [1.165, 1.54) is 20.1 Å². The maximum absolute atomic E-state index is 14.2. The summed E-state index contributed by atoms with van der Waals surface area (Å²) in [7, 11) is 6.21. The maximum atomic E-state index is 14.2. The average Bonchev–Trinajstić information content (AvgIpc) is 3.31. The second-order valence-corrected chi connectivity index (χ2v) is 11.7. The molecular formula is C38H37N3O8. The van der Waals surface area contributed by atoms with Crippen LogP contribution in [0.1, 0.15) is 41.6 Å². The van der Waals surface area contributed by atoms with E-state index in [0.717, 1.165) is 11.1 Å². The highest BCUT2D eigenvalue weighted by molar-refractivity contribution is 5.96. The summed E-state index contributed by atoms with van der Waals surface area (Å²) in [6.45, 7) is 1.72. The first kappa shape index (κ1) is 33.1. The monoisotopic (exact) mass is 663 g/mol. The number of carbonyl (C=O) groups is 2. The van der Waals surface area contributed by atoms with Crippen molar-refractivity contribution in [1.82, 2.24) is 15.6 Å². The fourth-order valence-corrected chi connectivity index (χ4v) is 6.46. The van der Waals surface area contributed by atoms with Gasteiger partial charge in [-0.2, -0.15) is 0 Å². The smallest absolute Gasteiger partial charge is 0.224 e. The number of aromatic nitrogens is 1. The highest BCUT2D eigenvalue weighted by Gasteiger charge is 2.31. The molecule has 0 aliphatic heterocycles. The molecule has 0 fully saturated rings. The van der Waals surface area contributed by atoms with Crippen LogP contribution in [0, 0.1) is 0 Å². The third-order valence-electron chi connectivity index (χ3n) is 8.70. The molecule has 0 saturated carbocycles. The number of hydrogen-bond donors (Lipinski definition) is 2. The number of hydrogen-bond acceptors (Lipinski definition) is 9. The van der Waals surface area contributed by atoms with E-state index in [1.807, 2.05) is 30.3 Å². The van der Waals surface area contributed by atoms with E-state index in [2.05, 4.69) is 15.6 Å². The van der Waals surface area contributed by atoms with Crippen LogP contribution in [0.4, 0.5) is 0 Å². The molecule has 1 aliphatic carbocycles. The number of fused-ring (bicyclic) bond motifs is 4. The van der Waals surface area contributed by atoms with Crippen LogP contribution in [0.15, 0.2) is 76.2 Å². The molecule has 0 radical (unpaired) electrons. The topological polar surface area (TPSA) is 138 Å². The minimum absolute atomic E-state index is 0.0801. The summed E-state index contributed by atoms with van der Waals surface area (Å²) >= 11 is 0. The normalized spacial score (nSPS) is 13.4. The lowest BCUT2D eigenvalue weighted by Crippen LogP contribution is -2.26. The summed E-state index contributed by atoms with van der Waals surface area (Å²) < 4.78 is 29.1. The van der Waals surface area contributed by atoms with E-state index < -0.39 is 11.5 Å². The van der Waals surface area contributed by atoms with Crippen molar-refractivity contribution in [3.05, 3.63) is 99.5 Å². The van der Waals surface area contributed by atoms with Crippen LogP contribution in [0.25, 0.3) is 33.4 Å². The number of amides is 2. The predicted molar refractivity (Wildman–Crippen MR) is 184 cm³/mol. The number of rotatable bonds is 10. The van der Waals surface area contributed by atoms with Gasteiger partial charge in [-0.3, -0.25) is 19.4 Å². The van der Waals surface area contributed by atoms with Gasteiger partial charge in [-0.25, -0.2) is 0 Å². The molecule has 11 heteroatoms. The third-order valence-corrected chi connectivity index (χ3v) is 8.70. The van der Waals surface area contributed by atoms with Gasteiger partial charge >= 0.3 is 0 Å². The van der Waals surface area contributed by atoms with Crippen molar-refractivity contribution >= 4 is 22.8 Å². The molecule has 2 amide bonds. The average molecular weight is 664 g/mol. The first-order valence-electron chi connectivity index (χ1n) is 15.8. The summed E-state index contributed by atoms with van der Waals surface area (Å²) in [5.41, 5.74) is 4.52. The zero-order chi connectivity index (χ0) is 34.7. The molecule has 11 nitrogen and oxygen atoms in total. The molecule has 49 heavy (non-hydrogen) atoms. The van der Waals surface area contributed by atoms with Gasteiger partial charge in [-0.15, -0.1) is 0 Å². The number of pyridine rings is 1. The van der Waals surface area contributed by atoms with E-state index in [-0.39, 0.29) is 30.4 Å². The first-order valence-corrected chi connectivity index (χ1v) is 15.8. The SMILES string of the molecule is COc1ccc(-c2oc3c(=O)cc4c(cc3c2CC(=O)NCc2cccnc2)-c2c(cc(OC)c(OC)c2OC)CC[C@@H]4NC(C)=O)cc1. The first-order chi connectivity index (χ1) is 23.8. The lowest BCUT2D eigenvalue weighted by atomic mass is 9.94. The van der Waals surface area contributed by atoms with Crippen LogP contribution >= 0.6 is 0 Å². The zero-order valence-electron chi connectivity index (χ0n) is 28.0. The molecule has 0 saturated heterocycles. The molecule has 1 atom stereocenters. The number of nitrogens with zero attached hydrogens (tertiary/aromatic N) is 1. The van der Waals surface area contributed by atoms with Crippen LogP contribution in [-0.4, -0.2) is 45.2 Å². The van der Waals surface area contributed by atoms with Crippen molar-refractivity contribution in [3.8, 4) is 45.4 Å². The van der Waals surface area contributed by atoms with Gasteiger partial charge in [-0.05, 0) is 83.6 Å². The number of nitrogens with one attached hydrogen (secondary N) is 2. The quantitative estimate of drug-likeness (QED) is 0.197. The summed E-state index contributed by atoms with van der Waals surface area (Å²) in [6, 6.07) is 15.7. The lowest BCUT2D eigenvalue weighted by molar-refractivity contribution is -0.121. The zero-order valence-corrected chi connectivity index (χ0v) is 28.0. The fraction of sp³-hybridized carbons (Fsp3) is 0.263. The van der Waals surface area contributed by atoms with Gasteiger partial charge in [-0.1, -0.05) is 6.07 Å². The largest absolute Gasteiger partial charge is 0.497 e. The van der Waals surface area contributed by atoms with Gasteiger partial charge in [0.05, 0.1) is 40.9 Å². The molecule has 1 aliphatic rings. The number of furan rings is 1. The van der Waals surface area contributed by atoms with Crippen LogP contribution in [0.2, 0.25) is 0 Å². The molecule has 2 N–H and O–H groups in total. The Bertz CT molecular complexity index is 2090. The van der Waals surface area contributed by atoms with Crippen molar-refractivity contribution in [2.75, 3.05) is 28.4 Å². The fourth-order valence-electron chi connectivity index (χ4n) is 6.46. The highest BCUT2D eigenvalue weighted by Crippen LogP contribution is 2.51. The maximum Gasteiger partial charge on any atom is 0.224 e. The standard InChI is InChI=1S/C38H37N3O8/c1-21(42)41-30-13-10-24-15-32(46-3)37(47-4)38(48-5)34(24)27-16-28-29(18-33(44)40-20-22-7-6-14-39-19-22)35(23-8-11-25(45-2)12-9-23)49-36(28)31(43)17-26(27)30/h6-9,11-12,14-17,19,30H,10,13,18,20H2,1-5H3,(H,40,44)(H,41,42)/t30-/m0/s1. The molecule has 0 unspecified atom stereocenters. The third kappa shape index (κ3) is 6.52. The Morgan fingerprint density at radius 1 is 0.959 bits per heavy atom. The molecule has 0 spiro atoms. The van der Waals surface area contributed by atoms with Crippen LogP contribution in [0.5, 0.6) is 23.0 Å². The second kappa shape index (κ2) is 14.1. The molecule has 252 valence electrons. The molecule has 3 aromatic carbocycles. The van der Waals surface area contributed by atoms with Crippen molar-refractivity contribution < 1.29 is 33.0 Å². The Morgan fingerprint density at radius 3 is 2.39 bits per heavy atom. The summed E-state index contributed by atoms with van der Waals surface area (Å²) in [5.74, 6) is 1.82. The van der Waals surface area contributed by atoms with Crippen molar-refractivity contribution in [3.63, 3.8) is 0 Å². The number of benzene rings is 2. The van der Waals surface area contributed by atoms with Gasteiger partial charge in [0.2, 0.25) is 23.0 Å². The minimum atomic E-state index is -0.502. The van der Waals surface area contributed by atoms with Gasteiger partial charge in [0.15, 0.2) is 17.1 Å². The number of methoxy groups -OCH3 is 4. The van der Waals surface area contributed by atoms with Crippen molar-refractivity contribution in [2.45, 2.75) is 38.8 Å². The summed E-state index contributed by atoms with van der Waals surface area (Å²) in [5, 5.41) is 6.46. The number of carbonyl (C=O) groups excluding carboxylic acids is 2. The molecule has 0 bridgehead atoms. The van der Waals surface area contributed by atoms with E-state index in [9.17, 15) is 14.4 Å². The predicted octanol–water partition coefficient (Wildman–Crippen LogP) is 5.54. The number of ether oxygens (including phenoxy) is 4. The summed E-state index contributed by atoms with van der Waals surface area (Å²) in [6.07, 6.45) is 4.32. The van der Waals surface area contributed by atoms with Crippen molar-refractivity contribution in [2.24, 2.45) is 0 Å². The van der Waals surface area contributed by atoms with Gasteiger partial charge in [0.25, 0.3) is 0 Å². The molecule has 2 aromatic heterocycles. The summed E-state index contributed by atoms with van der Waals surface area (Å²) in [4.78, 5) is 44.3. The highest BCUT2D eigenvalue weighted by atomic mass is 16.5. The van der Waals surface area contributed by atoms with Gasteiger partial charge in [0, 0.05) is 47.9 Å². The Labute approximate surface area is 283 Å². The van der Waals surface area contributed by atoms with E-state index in [0.29, 0.717) is 74.8 Å². The Balaban J connectivity index is 1.63. The molecule has 6 rings (SSSR count). The van der Waals surface area contributed by atoms with Gasteiger partial charge in [0.1, 0.15) is 11.5 Å². The van der Waals surface area contributed by atoms with Crippen LogP contribution in [-0.2, 0) is 29.0 Å². The minimum Gasteiger partial charge on any atom is -0.497 e.